The Kier molecular flexibility index (Phi) is 4.75. The first-order valence-corrected chi connectivity index (χ1v) is 7.28. The van der Waals surface area contributed by atoms with Crippen molar-refractivity contribution in [3.05, 3.63) is 11.7 Å². The number of aliphatic carboxylic acids is 1. The molecule has 6 nitrogen and oxygen atoms in total. The van der Waals surface area contributed by atoms with E-state index in [0.29, 0.717) is 37.6 Å². The van der Waals surface area contributed by atoms with Gasteiger partial charge in [-0.25, -0.2) is 0 Å². The maximum Gasteiger partial charge on any atom is 0.310 e. The Bertz CT molecular complexity index is 452. The number of carboxylic acids is 1. The lowest BCUT2D eigenvalue weighted by Crippen LogP contribution is -2.30. The highest BCUT2D eigenvalue weighted by atomic mass is 16.5. The molecule has 0 amide bonds. The lowest BCUT2D eigenvalue weighted by molar-refractivity contribution is -0.148. The Labute approximate surface area is 118 Å². The van der Waals surface area contributed by atoms with Crippen LogP contribution in [0.15, 0.2) is 4.52 Å². The summed E-state index contributed by atoms with van der Waals surface area (Å²) in [6, 6.07) is 0. The first kappa shape index (κ1) is 15.0. The van der Waals surface area contributed by atoms with Gasteiger partial charge in [0.25, 0.3) is 0 Å². The summed E-state index contributed by atoms with van der Waals surface area (Å²) in [5.41, 5.74) is -0.725. The van der Waals surface area contributed by atoms with E-state index in [2.05, 4.69) is 10.1 Å². The first-order valence-electron chi connectivity index (χ1n) is 7.28. The molecule has 1 aromatic rings. The number of nitrogens with zero attached hydrogens (tertiary/aromatic N) is 2. The molecular weight excluding hydrogens is 260 g/mol. The topological polar surface area (TPSA) is 85.5 Å². The van der Waals surface area contributed by atoms with E-state index in [1.165, 1.54) is 0 Å². The van der Waals surface area contributed by atoms with Crippen LogP contribution in [0.3, 0.4) is 0 Å². The third kappa shape index (κ3) is 3.00. The van der Waals surface area contributed by atoms with Crippen molar-refractivity contribution in [3.8, 4) is 0 Å². The molecule has 0 aromatic carbocycles. The monoisotopic (exact) mass is 282 g/mol. The second kappa shape index (κ2) is 6.35. The van der Waals surface area contributed by atoms with Crippen molar-refractivity contribution in [1.82, 2.24) is 10.1 Å². The van der Waals surface area contributed by atoms with Crippen LogP contribution < -0.4 is 0 Å². The Balaban J connectivity index is 2.10. The molecule has 6 heteroatoms. The molecule has 1 unspecified atom stereocenters. The molecule has 0 radical (unpaired) electrons. The van der Waals surface area contributed by atoms with Gasteiger partial charge in [-0.2, -0.15) is 4.98 Å². The van der Waals surface area contributed by atoms with Gasteiger partial charge in [-0.3, -0.25) is 4.79 Å². The maximum absolute atomic E-state index is 11.5. The lowest BCUT2D eigenvalue weighted by atomic mass is 9.83. The Morgan fingerprint density at radius 2 is 2.15 bits per heavy atom. The number of rotatable bonds is 7. The molecular formula is C14H22N2O4. The second-order valence-corrected chi connectivity index (χ2v) is 5.37. The van der Waals surface area contributed by atoms with Gasteiger partial charge in [-0.05, 0) is 26.2 Å². The zero-order chi connectivity index (χ0) is 14.6. The molecule has 1 saturated carbocycles. The van der Waals surface area contributed by atoms with Gasteiger partial charge in [0.15, 0.2) is 0 Å². The van der Waals surface area contributed by atoms with Crippen molar-refractivity contribution in [2.75, 3.05) is 6.61 Å². The van der Waals surface area contributed by atoms with Crippen LogP contribution in [-0.2, 0) is 16.0 Å². The molecule has 1 fully saturated rings. The highest BCUT2D eigenvalue weighted by molar-refractivity contribution is 5.75. The van der Waals surface area contributed by atoms with Gasteiger partial charge >= 0.3 is 5.97 Å². The fourth-order valence-electron chi connectivity index (χ4n) is 2.85. The average molecular weight is 282 g/mol. The molecule has 0 spiro atoms. The van der Waals surface area contributed by atoms with E-state index in [-0.39, 0.29) is 6.10 Å². The zero-order valence-electron chi connectivity index (χ0n) is 12.1. The predicted molar refractivity (Wildman–Crippen MR) is 71.2 cm³/mol. The molecule has 1 heterocycles. The van der Waals surface area contributed by atoms with Gasteiger partial charge in [-0.15, -0.1) is 0 Å². The highest BCUT2D eigenvalue weighted by Crippen LogP contribution is 2.41. The quantitative estimate of drug-likeness (QED) is 0.827. The molecule has 20 heavy (non-hydrogen) atoms. The van der Waals surface area contributed by atoms with Gasteiger partial charge in [0.05, 0.1) is 5.41 Å². The van der Waals surface area contributed by atoms with Crippen molar-refractivity contribution < 1.29 is 19.2 Å². The summed E-state index contributed by atoms with van der Waals surface area (Å²) in [4.78, 5) is 15.8. The van der Waals surface area contributed by atoms with Crippen LogP contribution in [0.2, 0.25) is 0 Å². The minimum absolute atomic E-state index is 0.179. The van der Waals surface area contributed by atoms with Crippen LogP contribution in [0.25, 0.3) is 0 Å². The third-order valence-corrected chi connectivity index (χ3v) is 4.01. The lowest BCUT2D eigenvalue weighted by Gasteiger charge is -2.21. The van der Waals surface area contributed by atoms with Crippen molar-refractivity contribution in [1.29, 1.82) is 0 Å². The summed E-state index contributed by atoms with van der Waals surface area (Å²) < 4.78 is 10.8. The van der Waals surface area contributed by atoms with Gasteiger partial charge in [0.2, 0.25) is 11.7 Å². The second-order valence-electron chi connectivity index (χ2n) is 5.37. The van der Waals surface area contributed by atoms with E-state index >= 15 is 0 Å². The van der Waals surface area contributed by atoms with E-state index < -0.39 is 11.4 Å². The zero-order valence-corrected chi connectivity index (χ0v) is 12.1. The van der Waals surface area contributed by atoms with Crippen LogP contribution in [0.4, 0.5) is 0 Å². The number of hydrogen-bond donors (Lipinski definition) is 1. The normalized spacial score (nSPS) is 19.1. The van der Waals surface area contributed by atoms with E-state index in [9.17, 15) is 9.90 Å². The largest absolute Gasteiger partial charge is 0.481 e. The van der Waals surface area contributed by atoms with E-state index in [1.807, 2.05) is 13.8 Å². The van der Waals surface area contributed by atoms with Crippen molar-refractivity contribution in [2.45, 2.75) is 58.5 Å². The fraction of sp³-hybridized carbons (Fsp3) is 0.786. The summed E-state index contributed by atoms with van der Waals surface area (Å²) in [7, 11) is 0. The molecule has 1 N–H and O–H groups in total. The van der Waals surface area contributed by atoms with Crippen molar-refractivity contribution in [3.63, 3.8) is 0 Å². The minimum atomic E-state index is -0.758. The van der Waals surface area contributed by atoms with Crippen molar-refractivity contribution >= 4 is 5.97 Å². The Hall–Kier alpha value is -1.43. The fourth-order valence-corrected chi connectivity index (χ4v) is 2.85. The van der Waals surface area contributed by atoms with E-state index in [0.717, 1.165) is 19.3 Å². The molecule has 0 saturated heterocycles. The van der Waals surface area contributed by atoms with Crippen LogP contribution in [-0.4, -0.2) is 27.8 Å². The van der Waals surface area contributed by atoms with Crippen LogP contribution in [0, 0.1) is 5.41 Å². The number of aromatic nitrogens is 2. The summed E-state index contributed by atoms with van der Waals surface area (Å²) in [5, 5.41) is 13.4. The predicted octanol–water partition coefficient (Wildman–Crippen LogP) is 2.74. The van der Waals surface area contributed by atoms with Gasteiger partial charge in [0, 0.05) is 13.0 Å². The van der Waals surface area contributed by atoms with Gasteiger partial charge in [-0.1, -0.05) is 24.9 Å². The van der Waals surface area contributed by atoms with Crippen LogP contribution in [0.1, 0.15) is 63.8 Å². The molecule has 1 aliphatic carbocycles. The third-order valence-electron chi connectivity index (χ3n) is 4.01. The Morgan fingerprint density at radius 3 is 2.70 bits per heavy atom. The van der Waals surface area contributed by atoms with Gasteiger partial charge < -0.3 is 14.4 Å². The van der Waals surface area contributed by atoms with Gasteiger partial charge in [0.1, 0.15) is 6.10 Å². The standard InChI is InChI=1S/C14H22N2O4/c1-3-10(19-4-2)12-15-11(20-16-12)9-14(13(17)18)7-5-6-8-14/h10H,3-9H2,1-2H3,(H,17,18). The van der Waals surface area contributed by atoms with E-state index in [1.54, 1.807) is 0 Å². The molecule has 112 valence electrons. The van der Waals surface area contributed by atoms with Crippen LogP contribution in [0.5, 0.6) is 0 Å². The first-order chi connectivity index (χ1) is 9.61. The number of ether oxygens (including phenoxy) is 1. The molecule has 1 aromatic heterocycles. The molecule has 2 rings (SSSR count). The molecule has 1 atom stereocenters. The number of carbonyl (C=O) groups is 1. The summed E-state index contributed by atoms with van der Waals surface area (Å²) in [6.45, 7) is 4.50. The Morgan fingerprint density at radius 1 is 1.45 bits per heavy atom. The summed E-state index contributed by atoms with van der Waals surface area (Å²) >= 11 is 0. The number of hydrogen-bond acceptors (Lipinski definition) is 5. The SMILES string of the molecule is CCOC(CC)c1noc(CC2(C(=O)O)CCCC2)n1. The smallest absolute Gasteiger partial charge is 0.310 e. The van der Waals surface area contributed by atoms with Crippen LogP contribution >= 0.6 is 0 Å². The molecule has 0 bridgehead atoms. The number of carboxylic acid groups (broad SMARTS) is 1. The average Bonchev–Trinajstić information content (AvgIpc) is 3.06. The van der Waals surface area contributed by atoms with E-state index in [4.69, 9.17) is 9.26 Å². The van der Waals surface area contributed by atoms with Crippen molar-refractivity contribution in [2.24, 2.45) is 5.41 Å². The maximum atomic E-state index is 11.5. The molecule has 1 aliphatic rings. The molecule has 0 aliphatic heterocycles. The summed E-state index contributed by atoms with van der Waals surface area (Å²) in [6.07, 6.45) is 4.16. The highest BCUT2D eigenvalue weighted by Gasteiger charge is 2.43. The summed E-state index contributed by atoms with van der Waals surface area (Å²) in [5.74, 6) is 0.164. The minimum Gasteiger partial charge on any atom is -0.481 e.